The Morgan fingerprint density at radius 3 is 2.06 bits per heavy atom. The van der Waals surface area contributed by atoms with Crippen LogP contribution in [0.1, 0.15) is 51.3 Å². The van der Waals surface area contributed by atoms with Gasteiger partial charge < -0.3 is 55.5 Å². The number of carbonyl (C=O) groups is 2. The molecular weight excluding hydrogens is 791 g/mol. The Morgan fingerprint density at radius 2 is 1.39 bits per heavy atom. The Hall–Kier alpha value is -5.00. The first-order valence-corrected chi connectivity index (χ1v) is 21.9. The van der Waals surface area contributed by atoms with E-state index in [-0.39, 0.29) is 24.8 Å². The van der Waals surface area contributed by atoms with E-state index in [9.17, 15) is 14.7 Å². The molecule has 7 N–H and O–H groups in total. The number of unbranched alkanes of at least 4 members (excludes halogenated alkanes) is 2. The number of para-hydroxylation sites is 1. The van der Waals surface area contributed by atoms with Crippen molar-refractivity contribution >= 4 is 39.6 Å². The number of aryl methyl sites for hydroxylation is 2. The number of ether oxygens (including phenoxy) is 5. The number of nitrogens with zero attached hydrogens (tertiary/aromatic N) is 3. The van der Waals surface area contributed by atoms with Crippen molar-refractivity contribution in [2.24, 2.45) is 11.7 Å². The number of aromatic nitrogens is 3. The topological polar surface area (TPSA) is 207 Å². The summed E-state index contributed by atoms with van der Waals surface area (Å²) in [7, 11) is 0. The zero-order chi connectivity index (χ0) is 43.8. The molecule has 3 atom stereocenters. The molecule has 15 heteroatoms. The van der Waals surface area contributed by atoms with Gasteiger partial charge in [-0.05, 0) is 36.5 Å². The molecule has 336 valence electrons. The number of benzene rings is 1. The molecule has 0 aliphatic heterocycles. The second kappa shape index (κ2) is 27.1. The lowest BCUT2D eigenvalue weighted by Gasteiger charge is -2.25. The number of rotatable bonds is 28. The van der Waals surface area contributed by atoms with Gasteiger partial charge in [0.25, 0.3) is 0 Å². The maximum absolute atomic E-state index is 12.5. The van der Waals surface area contributed by atoms with E-state index in [1.165, 1.54) is 0 Å². The van der Waals surface area contributed by atoms with Crippen molar-refractivity contribution in [3.05, 3.63) is 102 Å². The molecule has 3 unspecified atom stereocenters. The van der Waals surface area contributed by atoms with Crippen LogP contribution < -0.4 is 22.1 Å². The van der Waals surface area contributed by atoms with Crippen molar-refractivity contribution in [3.63, 3.8) is 0 Å². The van der Waals surface area contributed by atoms with Gasteiger partial charge in [0.05, 0.1) is 83.5 Å². The standard InChI is InChI=1S/C47H65N7O8/c1-2-3-19-39-52-44-45(37-17-11-12-18-38(37)51-46(44)49)54(39)23-14-13-22-50-40(55)20-24-58-26-28-60-30-32-62-33-31-61-29-27-59-25-21-41(56)53-47(57)42-35-15-9-7-5-4-6-8-10-16-36(34-35)43(42)48/h4-12,15-18,34,42-43,47,57H,2-3,13-14,19-33,48H2,1H3,(H2,49,51)(H,50,55)(H,53,56)/b5-4-,6-4?,7-5?,8-6-,9-7-,10-8?,15-9?,16-10-,35-15+,36-16?. The van der Waals surface area contributed by atoms with Crippen molar-refractivity contribution in [2.75, 3.05) is 78.3 Å². The normalized spacial score (nSPS) is 19.5. The molecule has 2 bridgehead atoms. The van der Waals surface area contributed by atoms with Crippen LogP contribution in [0.15, 0.2) is 96.2 Å². The first-order valence-electron chi connectivity index (χ1n) is 21.9. The molecule has 15 nitrogen and oxygen atoms in total. The summed E-state index contributed by atoms with van der Waals surface area (Å²) >= 11 is 0. The minimum Gasteiger partial charge on any atom is -0.382 e. The number of allylic oxidation sites excluding steroid dienone is 9. The highest BCUT2D eigenvalue weighted by Gasteiger charge is 2.35. The lowest BCUT2D eigenvalue weighted by molar-refractivity contribution is -0.126. The summed E-state index contributed by atoms with van der Waals surface area (Å²) in [4.78, 5) is 34.3. The zero-order valence-corrected chi connectivity index (χ0v) is 36.1. The fraction of sp³-hybridized carbons (Fsp3) is 0.489. The largest absolute Gasteiger partial charge is 0.382 e. The van der Waals surface area contributed by atoms with Crippen LogP contribution in [0.25, 0.3) is 21.9 Å². The number of carbonyl (C=O) groups excluding carboxylic acids is 2. The first-order chi connectivity index (χ1) is 30.4. The average Bonchev–Trinajstić information content (AvgIpc) is 3.79. The zero-order valence-electron chi connectivity index (χ0n) is 36.1. The minimum atomic E-state index is -1.14. The van der Waals surface area contributed by atoms with Crippen molar-refractivity contribution < 1.29 is 38.4 Å². The van der Waals surface area contributed by atoms with Crippen LogP contribution in [0.2, 0.25) is 0 Å². The van der Waals surface area contributed by atoms with Crippen LogP contribution in [-0.2, 0) is 46.2 Å². The third kappa shape index (κ3) is 15.4. The second-order valence-corrected chi connectivity index (χ2v) is 15.0. The Labute approximate surface area is 364 Å². The Morgan fingerprint density at radius 1 is 0.774 bits per heavy atom. The van der Waals surface area contributed by atoms with Gasteiger partial charge in [0.2, 0.25) is 11.8 Å². The summed E-state index contributed by atoms with van der Waals surface area (Å²) in [6.07, 6.45) is 23.1. The second-order valence-electron chi connectivity index (χ2n) is 15.0. The van der Waals surface area contributed by atoms with Gasteiger partial charge in [-0.1, -0.05) is 92.3 Å². The number of nitrogen functional groups attached to an aromatic ring is 1. The van der Waals surface area contributed by atoms with Crippen molar-refractivity contribution in [2.45, 2.75) is 70.7 Å². The third-order valence-electron chi connectivity index (χ3n) is 10.4. The van der Waals surface area contributed by atoms with E-state index < -0.39 is 18.2 Å². The van der Waals surface area contributed by atoms with Gasteiger partial charge in [-0.2, -0.15) is 0 Å². The molecule has 0 saturated carbocycles. The Balaban J connectivity index is 0.809. The summed E-state index contributed by atoms with van der Waals surface area (Å²) in [6.45, 7) is 7.23. The number of pyridine rings is 1. The number of imidazole rings is 1. The molecule has 1 aromatic carbocycles. The highest BCUT2D eigenvalue weighted by Crippen LogP contribution is 2.33. The molecule has 2 aromatic heterocycles. The van der Waals surface area contributed by atoms with Gasteiger partial charge >= 0.3 is 0 Å². The van der Waals surface area contributed by atoms with Gasteiger partial charge in [-0.3, -0.25) is 9.59 Å². The van der Waals surface area contributed by atoms with E-state index in [0.29, 0.717) is 78.2 Å². The van der Waals surface area contributed by atoms with Gasteiger partial charge in [0.15, 0.2) is 5.82 Å². The summed E-state index contributed by atoms with van der Waals surface area (Å²) in [5.74, 6) is 0.659. The van der Waals surface area contributed by atoms with Crippen LogP contribution in [0.4, 0.5) is 5.82 Å². The monoisotopic (exact) mass is 855 g/mol. The highest BCUT2D eigenvalue weighted by atomic mass is 16.6. The molecule has 0 spiro atoms. The fourth-order valence-corrected chi connectivity index (χ4v) is 7.17. The minimum absolute atomic E-state index is 0.0350. The fourth-order valence-electron chi connectivity index (χ4n) is 7.17. The SMILES string of the molecule is CCCCc1nc2c(N)nc3ccccc3c2n1CCCCNC(=O)CCOCCOCCOCCOCCOCCC(=O)NC(O)C1/C2=C/C=C\C=C/C=C\C=C/C(=C2)C1N. The molecule has 3 aromatic rings. The maximum atomic E-state index is 12.5. The van der Waals surface area contributed by atoms with Crippen LogP contribution in [0.3, 0.4) is 0 Å². The van der Waals surface area contributed by atoms with E-state index in [4.69, 9.17) is 40.1 Å². The van der Waals surface area contributed by atoms with Gasteiger partial charge in [-0.25, -0.2) is 9.97 Å². The van der Waals surface area contributed by atoms with Crippen molar-refractivity contribution in [1.82, 2.24) is 25.2 Å². The Bertz CT molecular complexity index is 2060. The molecule has 2 amide bonds. The molecule has 62 heavy (non-hydrogen) atoms. The number of hydrogen-bond acceptors (Lipinski definition) is 12. The van der Waals surface area contributed by atoms with E-state index in [1.807, 2.05) is 79.0 Å². The summed E-state index contributed by atoms with van der Waals surface area (Å²) < 4.78 is 30.0. The van der Waals surface area contributed by atoms with Crippen LogP contribution in [0.5, 0.6) is 0 Å². The number of aliphatic hydroxyl groups excluding tert-OH is 1. The van der Waals surface area contributed by atoms with Gasteiger partial charge in [-0.15, -0.1) is 0 Å². The molecule has 5 rings (SSSR count). The average molecular weight is 856 g/mol. The van der Waals surface area contributed by atoms with Crippen molar-refractivity contribution in [3.8, 4) is 0 Å². The van der Waals surface area contributed by atoms with E-state index in [2.05, 4.69) is 33.2 Å². The molecule has 0 fully saturated rings. The van der Waals surface area contributed by atoms with E-state index >= 15 is 0 Å². The quantitative estimate of drug-likeness (QED) is 0.0496. The van der Waals surface area contributed by atoms with Gasteiger partial charge in [0.1, 0.15) is 17.6 Å². The van der Waals surface area contributed by atoms with E-state index in [0.717, 1.165) is 77.6 Å². The lowest BCUT2D eigenvalue weighted by Crippen LogP contribution is -2.46. The number of nitrogens with one attached hydrogen (secondary N) is 2. The molecule has 2 aliphatic carbocycles. The number of aliphatic hydroxyl groups is 1. The van der Waals surface area contributed by atoms with Crippen LogP contribution in [0, 0.1) is 5.92 Å². The molecule has 0 radical (unpaired) electrons. The maximum Gasteiger partial charge on any atom is 0.224 e. The van der Waals surface area contributed by atoms with E-state index in [1.54, 1.807) is 0 Å². The number of amides is 2. The summed E-state index contributed by atoms with van der Waals surface area (Å²) in [5.41, 5.74) is 17.2. The molecule has 2 aliphatic rings. The smallest absolute Gasteiger partial charge is 0.224 e. The molecule has 0 saturated heterocycles. The van der Waals surface area contributed by atoms with Crippen LogP contribution in [-0.4, -0.2) is 116 Å². The number of anilines is 1. The predicted octanol–water partition coefficient (Wildman–Crippen LogP) is 4.75. The Kier molecular flexibility index (Phi) is 21.0. The number of nitrogens with two attached hydrogens (primary N) is 2. The third-order valence-corrected chi connectivity index (χ3v) is 10.4. The predicted molar refractivity (Wildman–Crippen MR) is 242 cm³/mol. The molecular formula is C47H65N7O8. The van der Waals surface area contributed by atoms with Crippen molar-refractivity contribution in [1.29, 1.82) is 0 Å². The van der Waals surface area contributed by atoms with Crippen LogP contribution >= 0.6 is 0 Å². The first kappa shape index (κ1) is 48.0. The number of hydrogen-bond donors (Lipinski definition) is 5. The lowest BCUT2D eigenvalue weighted by atomic mass is 9.93. The van der Waals surface area contributed by atoms with Gasteiger partial charge in [0, 0.05) is 43.3 Å². The molecule has 2 heterocycles. The number of fused-ring (bicyclic) bond motifs is 4. The summed E-state index contributed by atoms with van der Waals surface area (Å²) in [6, 6.07) is 7.58. The summed E-state index contributed by atoms with van der Waals surface area (Å²) in [5, 5.41) is 17.6. The highest BCUT2D eigenvalue weighted by molar-refractivity contribution is 6.06.